The van der Waals surface area contributed by atoms with Crippen molar-refractivity contribution in [1.82, 2.24) is 5.32 Å². The summed E-state index contributed by atoms with van der Waals surface area (Å²) in [6, 6.07) is 4.31. The largest absolute Gasteiger partial charge is 0.305 e. The minimum Gasteiger partial charge on any atom is -0.305 e. The Labute approximate surface area is 95.4 Å². The normalized spacial score (nSPS) is 23.3. The molecule has 0 aromatic carbocycles. The molecule has 0 saturated carbocycles. The minimum atomic E-state index is 0.638. The average molecular weight is 278 g/mol. The van der Waals surface area contributed by atoms with Crippen LogP contribution in [0.1, 0.15) is 19.3 Å². The van der Waals surface area contributed by atoms with E-state index in [0.29, 0.717) is 5.37 Å². The van der Waals surface area contributed by atoms with Crippen molar-refractivity contribution in [2.24, 2.45) is 0 Å². The van der Waals surface area contributed by atoms with E-state index in [1.54, 1.807) is 0 Å². The van der Waals surface area contributed by atoms with E-state index in [1.165, 1.54) is 33.8 Å². The van der Waals surface area contributed by atoms with E-state index in [-0.39, 0.29) is 0 Å². The van der Waals surface area contributed by atoms with Crippen molar-refractivity contribution in [2.75, 3.05) is 6.54 Å². The van der Waals surface area contributed by atoms with Gasteiger partial charge in [0.1, 0.15) is 0 Å². The molecule has 72 valence electrons. The molecule has 1 fully saturated rings. The molecule has 0 bridgehead atoms. The summed E-state index contributed by atoms with van der Waals surface area (Å²) < 4.78 is 2.64. The van der Waals surface area contributed by atoms with Crippen molar-refractivity contribution in [1.29, 1.82) is 0 Å². The Bertz CT molecular complexity index is 268. The molecule has 1 saturated heterocycles. The molecular formula is C9H12BrNS2. The van der Waals surface area contributed by atoms with Crippen molar-refractivity contribution < 1.29 is 0 Å². The summed E-state index contributed by atoms with van der Waals surface area (Å²) in [7, 11) is 0. The third-order valence-corrected chi connectivity index (χ3v) is 5.08. The molecule has 0 radical (unpaired) electrons. The van der Waals surface area contributed by atoms with Crippen molar-refractivity contribution in [3.8, 4) is 0 Å². The van der Waals surface area contributed by atoms with E-state index < -0.39 is 0 Å². The molecule has 1 aromatic heterocycles. The monoisotopic (exact) mass is 277 g/mol. The molecule has 1 aliphatic heterocycles. The second-order valence-electron chi connectivity index (χ2n) is 3.11. The molecule has 1 N–H and O–H groups in total. The van der Waals surface area contributed by atoms with E-state index in [9.17, 15) is 0 Å². The van der Waals surface area contributed by atoms with E-state index in [2.05, 4.69) is 33.4 Å². The summed E-state index contributed by atoms with van der Waals surface area (Å²) >= 11 is 7.27. The fraction of sp³-hybridized carbons (Fsp3) is 0.556. The summed E-state index contributed by atoms with van der Waals surface area (Å²) in [5, 5.41) is 4.17. The number of thiophene rings is 1. The Kier molecular flexibility index (Phi) is 3.72. The van der Waals surface area contributed by atoms with Crippen LogP contribution in [-0.4, -0.2) is 11.9 Å². The fourth-order valence-corrected chi connectivity index (χ4v) is 4.59. The molecule has 2 heterocycles. The first kappa shape index (κ1) is 10.0. The zero-order valence-electron chi connectivity index (χ0n) is 7.25. The van der Waals surface area contributed by atoms with Crippen LogP contribution in [0.4, 0.5) is 0 Å². The molecule has 4 heteroatoms. The van der Waals surface area contributed by atoms with Crippen LogP contribution in [0.15, 0.2) is 20.1 Å². The summed E-state index contributed by atoms with van der Waals surface area (Å²) in [6.45, 7) is 1.18. The molecule has 1 aliphatic rings. The molecule has 1 unspecified atom stereocenters. The number of piperidine rings is 1. The van der Waals surface area contributed by atoms with Crippen LogP contribution in [-0.2, 0) is 0 Å². The van der Waals surface area contributed by atoms with Crippen molar-refractivity contribution in [3.63, 3.8) is 0 Å². The Hall–Kier alpha value is 0.490. The lowest BCUT2D eigenvalue weighted by Crippen LogP contribution is -2.30. The van der Waals surface area contributed by atoms with Crippen molar-refractivity contribution in [2.45, 2.75) is 28.8 Å². The van der Waals surface area contributed by atoms with Gasteiger partial charge in [0.05, 0.1) is 13.4 Å². The predicted octanol–water partition coefficient (Wildman–Crippen LogP) is 3.70. The highest BCUT2D eigenvalue weighted by Crippen LogP contribution is 2.34. The second-order valence-corrected chi connectivity index (χ2v) is 7.08. The molecule has 0 amide bonds. The molecule has 1 atom stereocenters. The van der Waals surface area contributed by atoms with Crippen LogP contribution in [0.3, 0.4) is 0 Å². The third kappa shape index (κ3) is 2.98. The molecule has 13 heavy (non-hydrogen) atoms. The maximum Gasteiger partial charge on any atom is 0.0710 e. The van der Waals surface area contributed by atoms with Gasteiger partial charge in [-0.1, -0.05) is 11.8 Å². The highest BCUT2D eigenvalue weighted by Gasteiger charge is 2.14. The number of halogens is 1. The predicted molar refractivity (Wildman–Crippen MR) is 63.5 cm³/mol. The van der Waals surface area contributed by atoms with Crippen LogP contribution in [0.5, 0.6) is 0 Å². The standard InChI is InChI=1S/C9H12BrNS2/c10-7-4-5-9(12-7)13-8-3-1-2-6-11-8/h4-5,8,11H,1-3,6H2. The average Bonchev–Trinajstić information content (AvgIpc) is 2.53. The van der Waals surface area contributed by atoms with Crippen LogP contribution < -0.4 is 5.32 Å². The Morgan fingerprint density at radius 1 is 1.46 bits per heavy atom. The SMILES string of the molecule is Brc1ccc(SC2CCCCN2)s1. The van der Waals surface area contributed by atoms with Gasteiger partial charge in [0.2, 0.25) is 0 Å². The fourth-order valence-electron chi connectivity index (χ4n) is 1.42. The summed E-state index contributed by atoms with van der Waals surface area (Å²) in [5.41, 5.74) is 0. The van der Waals surface area contributed by atoms with Crippen molar-refractivity contribution in [3.05, 3.63) is 15.9 Å². The zero-order valence-corrected chi connectivity index (χ0v) is 10.5. The molecule has 1 aromatic rings. The van der Waals surface area contributed by atoms with Crippen LogP contribution in [0.25, 0.3) is 0 Å². The van der Waals surface area contributed by atoms with E-state index in [0.717, 1.165) is 0 Å². The number of hydrogen-bond donors (Lipinski definition) is 1. The summed E-state index contributed by atoms with van der Waals surface area (Å²) in [5.74, 6) is 0. The van der Waals surface area contributed by atoms with Gasteiger partial charge in [-0.3, -0.25) is 0 Å². The van der Waals surface area contributed by atoms with Crippen LogP contribution >= 0.6 is 39.0 Å². The second kappa shape index (κ2) is 4.82. The van der Waals surface area contributed by atoms with Gasteiger partial charge in [0.25, 0.3) is 0 Å². The summed E-state index contributed by atoms with van der Waals surface area (Å²) in [4.78, 5) is 0. The van der Waals surface area contributed by atoms with Gasteiger partial charge in [-0.2, -0.15) is 0 Å². The van der Waals surface area contributed by atoms with Crippen molar-refractivity contribution >= 4 is 39.0 Å². The zero-order chi connectivity index (χ0) is 9.10. The Balaban J connectivity index is 1.89. The molecule has 0 aliphatic carbocycles. The number of rotatable bonds is 2. The summed E-state index contributed by atoms with van der Waals surface area (Å²) in [6.07, 6.45) is 4.02. The first-order valence-corrected chi connectivity index (χ1v) is 6.99. The van der Waals surface area contributed by atoms with Gasteiger partial charge in [-0.05, 0) is 53.9 Å². The number of thioether (sulfide) groups is 1. The van der Waals surface area contributed by atoms with E-state index in [4.69, 9.17) is 0 Å². The van der Waals surface area contributed by atoms with Gasteiger partial charge in [-0.25, -0.2) is 0 Å². The lowest BCUT2D eigenvalue weighted by molar-refractivity contribution is 0.492. The first-order valence-electron chi connectivity index (χ1n) is 4.50. The highest BCUT2D eigenvalue weighted by molar-refractivity contribution is 9.11. The van der Waals surface area contributed by atoms with E-state index >= 15 is 0 Å². The number of hydrogen-bond acceptors (Lipinski definition) is 3. The third-order valence-electron chi connectivity index (χ3n) is 2.07. The van der Waals surface area contributed by atoms with Gasteiger partial charge in [-0.15, -0.1) is 11.3 Å². The van der Waals surface area contributed by atoms with Crippen LogP contribution in [0, 0.1) is 0 Å². The van der Waals surface area contributed by atoms with Gasteiger partial charge < -0.3 is 5.32 Å². The molecule has 2 rings (SSSR count). The smallest absolute Gasteiger partial charge is 0.0710 e. The van der Waals surface area contributed by atoms with Crippen LogP contribution in [0.2, 0.25) is 0 Å². The Morgan fingerprint density at radius 2 is 2.38 bits per heavy atom. The molecule has 0 spiro atoms. The lowest BCUT2D eigenvalue weighted by atomic mass is 10.2. The minimum absolute atomic E-state index is 0.638. The van der Waals surface area contributed by atoms with Gasteiger partial charge >= 0.3 is 0 Å². The maximum absolute atomic E-state index is 3.53. The quantitative estimate of drug-likeness (QED) is 0.885. The number of nitrogens with one attached hydrogen (secondary N) is 1. The molecular weight excluding hydrogens is 266 g/mol. The lowest BCUT2D eigenvalue weighted by Gasteiger charge is -2.21. The van der Waals surface area contributed by atoms with E-state index in [1.807, 2.05) is 23.1 Å². The van der Waals surface area contributed by atoms with Gasteiger partial charge in [0.15, 0.2) is 0 Å². The molecule has 1 nitrogen and oxygen atoms in total. The maximum atomic E-state index is 3.53. The van der Waals surface area contributed by atoms with Gasteiger partial charge in [0, 0.05) is 0 Å². The highest BCUT2D eigenvalue weighted by atomic mass is 79.9. The first-order chi connectivity index (χ1) is 6.34. The topological polar surface area (TPSA) is 12.0 Å². The Morgan fingerprint density at radius 3 is 3.00 bits per heavy atom.